The Hall–Kier alpha value is -1.55. The number of rotatable bonds is 5. The second kappa shape index (κ2) is 6.27. The van der Waals surface area contributed by atoms with Gasteiger partial charge in [-0.3, -0.25) is 4.99 Å². The van der Waals surface area contributed by atoms with E-state index >= 15 is 0 Å². The van der Waals surface area contributed by atoms with E-state index in [-0.39, 0.29) is 0 Å². The number of ether oxygens (including phenoxy) is 1. The first kappa shape index (κ1) is 13.4. The lowest BCUT2D eigenvalue weighted by atomic mass is 10.0. The number of benzene rings is 1. The molecule has 1 aromatic rings. The van der Waals surface area contributed by atoms with Gasteiger partial charge in [-0.2, -0.15) is 0 Å². The van der Waals surface area contributed by atoms with Crippen molar-refractivity contribution in [2.45, 2.75) is 37.8 Å². The maximum atomic E-state index is 6.04. The predicted octanol–water partition coefficient (Wildman–Crippen LogP) is 1.80. The molecule has 4 heteroatoms. The van der Waals surface area contributed by atoms with Gasteiger partial charge in [-0.1, -0.05) is 30.3 Å². The van der Waals surface area contributed by atoms with Crippen LogP contribution in [0.1, 0.15) is 24.8 Å². The molecule has 0 bridgehead atoms. The summed E-state index contributed by atoms with van der Waals surface area (Å²) in [5.74, 6) is 0.693. The van der Waals surface area contributed by atoms with E-state index < -0.39 is 0 Å². The molecule has 0 aliphatic carbocycles. The van der Waals surface area contributed by atoms with Gasteiger partial charge in [0.15, 0.2) is 5.96 Å². The van der Waals surface area contributed by atoms with Crippen LogP contribution in [0.15, 0.2) is 35.3 Å². The summed E-state index contributed by atoms with van der Waals surface area (Å²) in [6, 6.07) is 11.1. The van der Waals surface area contributed by atoms with Gasteiger partial charge in [0.25, 0.3) is 0 Å². The molecule has 0 spiro atoms. The predicted molar refractivity (Wildman–Crippen MR) is 80.7 cm³/mol. The molecule has 2 N–H and O–H groups in total. The Morgan fingerprint density at radius 1 is 1.30 bits per heavy atom. The third-order valence-corrected chi connectivity index (χ3v) is 4.23. The van der Waals surface area contributed by atoms with E-state index in [1.165, 1.54) is 12.0 Å². The molecule has 2 unspecified atom stereocenters. The van der Waals surface area contributed by atoms with E-state index in [2.05, 4.69) is 40.2 Å². The number of hydrogen-bond acceptors (Lipinski definition) is 4. The highest BCUT2D eigenvalue weighted by Crippen LogP contribution is 2.20. The topological polar surface area (TPSA) is 50.8 Å². The second-order valence-corrected chi connectivity index (χ2v) is 5.66. The molecule has 0 amide bonds. The van der Waals surface area contributed by atoms with E-state index in [9.17, 15) is 0 Å². The molecule has 0 saturated carbocycles. The van der Waals surface area contributed by atoms with Gasteiger partial charge in [-0.25, -0.2) is 0 Å². The summed E-state index contributed by atoms with van der Waals surface area (Å²) in [6.07, 6.45) is 4.83. The van der Waals surface area contributed by atoms with Crippen molar-refractivity contribution in [1.29, 1.82) is 0 Å². The molecule has 2 aliphatic rings. The van der Waals surface area contributed by atoms with Crippen molar-refractivity contribution in [3.63, 3.8) is 0 Å². The van der Waals surface area contributed by atoms with Gasteiger partial charge in [0.05, 0.1) is 18.7 Å². The molecule has 2 aliphatic heterocycles. The molecule has 3 rings (SSSR count). The van der Waals surface area contributed by atoms with Crippen molar-refractivity contribution in [2.24, 2.45) is 10.7 Å². The van der Waals surface area contributed by atoms with E-state index in [1.54, 1.807) is 0 Å². The quantitative estimate of drug-likeness (QED) is 0.890. The molecule has 0 aromatic heterocycles. The van der Waals surface area contributed by atoms with Gasteiger partial charge in [0, 0.05) is 13.2 Å². The van der Waals surface area contributed by atoms with E-state index in [1.807, 2.05) is 0 Å². The third-order valence-electron chi connectivity index (χ3n) is 4.23. The van der Waals surface area contributed by atoms with Crippen LogP contribution in [0.2, 0.25) is 0 Å². The molecule has 1 saturated heterocycles. The smallest absolute Gasteiger partial charge is 0.191 e. The Kier molecular flexibility index (Phi) is 4.21. The highest BCUT2D eigenvalue weighted by molar-refractivity contribution is 5.80. The number of hydrogen-bond donors (Lipinski definition) is 1. The zero-order valence-electron chi connectivity index (χ0n) is 11.9. The van der Waals surface area contributed by atoms with Crippen molar-refractivity contribution >= 4 is 5.96 Å². The number of guanidine groups is 1. The monoisotopic (exact) mass is 273 g/mol. The van der Waals surface area contributed by atoms with Gasteiger partial charge in [-0.05, 0) is 31.2 Å². The Morgan fingerprint density at radius 3 is 2.90 bits per heavy atom. The minimum Gasteiger partial charge on any atom is -0.376 e. The van der Waals surface area contributed by atoms with Crippen LogP contribution in [-0.4, -0.2) is 42.7 Å². The highest BCUT2D eigenvalue weighted by Gasteiger charge is 2.29. The first-order chi connectivity index (χ1) is 9.83. The Morgan fingerprint density at radius 2 is 2.15 bits per heavy atom. The molecule has 0 radical (unpaired) electrons. The van der Waals surface area contributed by atoms with Crippen molar-refractivity contribution in [2.75, 3.05) is 19.7 Å². The molecule has 108 valence electrons. The summed E-state index contributed by atoms with van der Waals surface area (Å²) < 4.78 is 5.72. The fourth-order valence-electron chi connectivity index (χ4n) is 3.05. The number of aryl methyl sites for hydroxylation is 1. The summed E-state index contributed by atoms with van der Waals surface area (Å²) in [5, 5.41) is 0. The Labute approximate surface area is 120 Å². The van der Waals surface area contributed by atoms with Crippen LogP contribution >= 0.6 is 0 Å². The number of nitrogens with zero attached hydrogens (tertiary/aromatic N) is 2. The molecular formula is C16H23N3O. The summed E-state index contributed by atoms with van der Waals surface area (Å²) in [6.45, 7) is 2.62. The van der Waals surface area contributed by atoms with Gasteiger partial charge in [0.1, 0.15) is 0 Å². The van der Waals surface area contributed by atoms with Crippen molar-refractivity contribution in [3.05, 3.63) is 35.9 Å². The lowest BCUT2D eigenvalue weighted by molar-refractivity contribution is 0.0845. The summed E-state index contributed by atoms with van der Waals surface area (Å²) in [7, 11) is 0. The van der Waals surface area contributed by atoms with E-state index in [0.717, 1.165) is 39.0 Å². The maximum absolute atomic E-state index is 6.04. The van der Waals surface area contributed by atoms with Crippen LogP contribution in [0, 0.1) is 0 Å². The Balaban J connectivity index is 1.55. The number of aliphatic imine (C=N–C) groups is 1. The zero-order chi connectivity index (χ0) is 13.8. The van der Waals surface area contributed by atoms with Crippen LogP contribution in [-0.2, 0) is 11.2 Å². The highest BCUT2D eigenvalue weighted by atomic mass is 16.5. The van der Waals surface area contributed by atoms with Crippen LogP contribution in [0.3, 0.4) is 0 Å². The van der Waals surface area contributed by atoms with Gasteiger partial charge >= 0.3 is 0 Å². The van der Waals surface area contributed by atoms with Gasteiger partial charge in [-0.15, -0.1) is 0 Å². The minimum absolute atomic E-state index is 0.334. The van der Waals surface area contributed by atoms with Crippen molar-refractivity contribution < 1.29 is 4.74 Å². The average Bonchev–Trinajstić information content (AvgIpc) is 3.10. The molecule has 2 heterocycles. The third kappa shape index (κ3) is 3.12. The fourth-order valence-corrected chi connectivity index (χ4v) is 3.05. The standard InChI is InChI=1S/C16H23N3O/c17-16-18-11-14(9-8-13-5-2-1-3-6-13)19(16)12-15-7-4-10-20-15/h1-3,5-6,14-15H,4,7-12H2,(H2,17,18). The molecule has 4 nitrogen and oxygen atoms in total. The van der Waals surface area contributed by atoms with Gasteiger partial charge < -0.3 is 15.4 Å². The van der Waals surface area contributed by atoms with E-state index in [0.29, 0.717) is 18.1 Å². The molecule has 2 atom stereocenters. The SMILES string of the molecule is NC1=NCC(CCc2ccccc2)N1CC1CCCO1. The first-order valence-corrected chi connectivity index (χ1v) is 7.55. The molecule has 20 heavy (non-hydrogen) atoms. The number of nitrogens with two attached hydrogens (primary N) is 1. The van der Waals surface area contributed by atoms with Crippen LogP contribution < -0.4 is 5.73 Å². The fraction of sp³-hybridized carbons (Fsp3) is 0.562. The molecule has 1 fully saturated rings. The molecular weight excluding hydrogens is 250 g/mol. The zero-order valence-corrected chi connectivity index (χ0v) is 11.9. The molecule has 1 aromatic carbocycles. The lowest BCUT2D eigenvalue weighted by Gasteiger charge is -2.28. The lowest BCUT2D eigenvalue weighted by Crippen LogP contribution is -2.45. The van der Waals surface area contributed by atoms with Crippen LogP contribution in [0.5, 0.6) is 0 Å². The minimum atomic E-state index is 0.334. The Bertz CT molecular complexity index is 454. The normalized spacial score (nSPS) is 26.0. The second-order valence-electron chi connectivity index (χ2n) is 5.66. The van der Waals surface area contributed by atoms with Gasteiger partial charge in [0.2, 0.25) is 0 Å². The van der Waals surface area contributed by atoms with Crippen LogP contribution in [0.4, 0.5) is 0 Å². The summed E-state index contributed by atoms with van der Waals surface area (Å²) >= 11 is 0. The largest absolute Gasteiger partial charge is 0.376 e. The van der Waals surface area contributed by atoms with Crippen LogP contribution in [0.25, 0.3) is 0 Å². The van der Waals surface area contributed by atoms with E-state index in [4.69, 9.17) is 10.5 Å². The maximum Gasteiger partial charge on any atom is 0.191 e. The van der Waals surface area contributed by atoms with Crippen molar-refractivity contribution in [3.8, 4) is 0 Å². The summed E-state index contributed by atoms with van der Waals surface area (Å²) in [5.41, 5.74) is 7.42. The van der Waals surface area contributed by atoms with Crippen molar-refractivity contribution in [1.82, 2.24) is 4.90 Å². The average molecular weight is 273 g/mol. The first-order valence-electron chi connectivity index (χ1n) is 7.55. The summed E-state index contributed by atoms with van der Waals surface area (Å²) in [4.78, 5) is 6.67.